The van der Waals surface area contributed by atoms with Gasteiger partial charge in [-0.15, -0.1) is 0 Å². The minimum atomic E-state index is 0.629. The average Bonchev–Trinajstić information content (AvgIpc) is 2.43. The molecule has 2 rings (SSSR count). The lowest BCUT2D eigenvalue weighted by Gasteiger charge is -2.41. The second-order valence-corrected chi connectivity index (χ2v) is 5.25. The Morgan fingerprint density at radius 2 is 2.23 bits per heavy atom. The molecule has 0 aliphatic heterocycles. The van der Waals surface area contributed by atoms with Gasteiger partial charge in [0.25, 0.3) is 0 Å². The highest BCUT2D eigenvalue weighted by molar-refractivity contribution is 5.14. The fourth-order valence-corrected chi connectivity index (χ4v) is 3.90. The molecule has 0 saturated heterocycles. The average molecular weight is 178 g/mol. The normalized spacial score (nSPS) is 44.9. The summed E-state index contributed by atoms with van der Waals surface area (Å²) < 4.78 is 0. The number of hydrogen-bond donors (Lipinski definition) is 0. The van der Waals surface area contributed by atoms with Gasteiger partial charge in [-0.1, -0.05) is 32.4 Å². The van der Waals surface area contributed by atoms with Gasteiger partial charge in [-0.2, -0.15) is 0 Å². The van der Waals surface area contributed by atoms with Crippen molar-refractivity contribution in [3.8, 4) is 0 Å². The Balaban J connectivity index is 2.23. The third kappa shape index (κ3) is 1.26. The molecule has 2 fully saturated rings. The minimum absolute atomic E-state index is 0.629. The van der Waals surface area contributed by atoms with Crippen molar-refractivity contribution in [2.45, 2.75) is 52.4 Å². The molecular weight excluding hydrogens is 156 g/mol. The maximum absolute atomic E-state index is 4.27. The summed E-state index contributed by atoms with van der Waals surface area (Å²) >= 11 is 0. The molecule has 0 spiro atoms. The topological polar surface area (TPSA) is 0 Å². The van der Waals surface area contributed by atoms with Crippen molar-refractivity contribution in [2.24, 2.45) is 17.3 Å². The van der Waals surface area contributed by atoms with Gasteiger partial charge in [0.2, 0.25) is 0 Å². The van der Waals surface area contributed by atoms with Crippen LogP contribution < -0.4 is 0 Å². The van der Waals surface area contributed by atoms with Crippen molar-refractivity contribution in [1.82, 2.24) is 0 Å². The van der Waals surface area contributed by atoms with E-state index >= 15 is 0 Å². The number of hydrogen-bond acceptors (Lipinski definition) is 0. The van der Waals surface area contributed by atoms with Crippen LogP contribution in [0.15, 0.2) is 12.2 Å². The molecule has 74 valence electrons. The summed E-state index contributed by atoms with van der Waals surface area (Å²) in [5.74, 6) is 1.85. The van der Waals surface area contributed by atoms with Crippen molar-refractivity contribution in [1.29, 1.82) is 0 Å². The van der Waals surface area contributed by atoms with Crippen LogP contribution in [0, 0.1) is 17.3 Å². The molecule has 0 aromatic rings. The van der Waals surface area contributed by atoms with Crippen LogP contribution in [0.5, 0.6) is 0 Å². The molecule has 0 bridgehead atoms. The molecule has 13 heavy (non-hydrogen) atoms. The Kier molecular flexibility index (Phi) is 2.25. The fraction of sp³-hybridized carbons (Fsp3) is 0.846. The molecule has 0 aromatic heterocycles. The predicted molar refractivity (Wildman–Crippen MR) is 57.6 cm³/mol. The van der Waals surface area contributed by atoms with E-state index in [0.29, 0.717) is 5.41 Å². The van der Waals surface area contributed by atoms with Crippen molar-refractivity contribution >= 4 is 0 Å². The van der Waals surface area contributed by atoms with Crippen molar-refractivity contribution in [3.05, 3.63) is 12.2 Å². The molecule has 1 unspecified atom stereocenters. The minimum Gasteiger partial charge on any atom is -0.0996 e. The van der Waals surface area contributed by atoms with Gasteiger partial charge in [0.05, 0.1) is 0 Å². The molecule has 0 heterocycles. The van der Waals surface area contributed by atoms with Gasteiger partial charge in [-0.05, 0) is 49.4 Å². The Bertz CT molecular complexity index is 216. The number of allylic oxidation sites excluding steroid dienone is 1. The first-order valence-electron chi connectivity index (χ1n) is 5.86. The van der Waals surface area contributed by atoms with Crippen LogP contribution in [0.4, 0.5) is 0 Å². The Morgan fingerprint density at radius 3 is 2.92 bits per heavy atom. The summed E-state index contributed by atoms with van der Waals surface area (Å²) in [5, 5.41) is 0. The number of rotatable bonds is 1. The second-order valence-electron chi connectivity index (χ2n) is 5.25. The van der Waals surface area contributed by atoms with E-state index in [0.717, 1.165) is 11.8 Å². The largest absolute Gasteiger partial charge is 0.0996 e. The molecule has 0 radical (unpaired) electrons. The Morgan fingerprint density at radius 1 is 1.46 bits per heavy atom. The zero-order valence-electron chi connectivity index (χ0n) is 9.10. The predicted octanol–water partition coefficient (Wildman–Crippen LogP) is 4.17. The smallest absolute Gasteiger partial charge is 0.0149 e. The molecule has 2 saturated carbocycles. The summed E-state index contributed by atoms with van der Waals surface area (Å²) in [6.07, 6.45) is 8.40. The Labute approximate surface area is 82.4 Å². The summed E-state index contributed by atoms with van der Waals surface area (Å²) in [4.78, 5) is 0. The van der Waals surface area contributed by atoms with Crippen molar-refractivity contribution in [3.63, 3.8) is 0 Å². The van der Waals surface area contributed by atoms with Gasteiger partial charge < -0.3 is 0 Å². The molecule has 0 heteroatoms. The van der Waals surface area contributed by atoms with E-state index in [4.69, 9.17) is 0 Å². The zero-order valence-corrected chi connectivity index (χ0v) is 9.10. The molecule has 0 aromatic carbocycles. The van der Waals surface area contributed by atoms with E-state index < -0.39 is 0 Å². The first-order chi connectivity index (χ1) is 6.18. The molecule has 2 aliphatic rings. The van der Waals surface area contributed by atoms with Crippen LogP contribution in [0.2, 0.25) is 0 Å². The lowest BCUT2D eigenvalue weighted by Crippen LogP contribution is -2.32. The van der Waals surface area contributed by atoms with Gasteiger partial charge in [-0.25, -0.2) is 0 Å². The third-order valence-corrected chi connectivity index (χ3v) is 4.73. The van der Waals surface area contributed by atoms with Crippen molar-refractivity contribution < 1.29 is 0 Å². The van der Waals surface area contributed by atoms with E-state index in [2.05, 4.69) is 20.4 Å². The zero-order chi connectivity index (χ0) is 9.47. The number of fused-ring (bicyclic) bond motifs is 1. The SMILES string of the molecule is C=C1CCC[C@@]2(C)C1CC[C@@H]2CC. The van der Waals surface area contributed by atoms with Gasteiger partial charge in [0, 0.05) is 0 Å². The molecule has 0 nitrogen and oxygen atoms in total. The lowest BCUT2D eigenvalue weighted by atomic mass is 9.63. The molecular formula is C13H22. The first-order valence-corrected chi connectivity index (χ1v) is 5.86. The third-order valence-electron chi connectivity index (χ3n) is 4.73. The van der Waals surface area contributed by atoms with Crippen LogP contribution in [0.25, 0.3) is 0 Å². The summed E-state index contributed by atoms with van der Waals surface area (Å²) in [7, 11) is 0. The summed E-state index contributed by atoms with van der Waals surface area (Å²) in [6, 6.07) is 0. The van der Waals surface area contributed by atoms with Crippen molar-refractivity contribution in [2.75, 3.05) is 0 Å². The monoisotopic (exact) mass is 178 g/mol. The quantitative estimate of drug-likeness (QED) is 0.529. The van der Waals surface area contributed by atoms with Gasteiger partial charge in [0.1, 0.15) is 0 Å². The fourth-order valence-electron chi connectivity index (χ4n) is 3.90. The van der Waals surface area contributed by atoms with Crippen LogP contribution in [0.1, 0.15) is 52.4 Å². The van der Waals surface area contributed by atoms with Gasteiger partial charge in [0.15, 0.2) is 0 Å². The van der Waals surface area contributed by atoms with Crippen LogP contribution in [0.3, 0.4) is 0 Å². The highest BCUT2D eigenvalue weighted by Gasteiger charge is 2.47. The second kappa shape index (κ2) is 3.15. The van der Waals surface area contributed by atoms with Gasteiger partial charge in [-0.3, -0.25) is 0 Å². The van der Waals surface area contributed by atoms with E-state index in [-0.39, 0.29) is 0 Å². The molecule has 3 atom stereocenters. The lowest BCUT2D eigenvalue weighted by molar-refractivity contribution is 0.133. The van der Waals surface area contributed by atoms with Crippen LogP contribution in [-0.4, -0.2) is 0 Å². The standard InChI is InChI=1S/C13H22/c1-4-11-7-8-12-10(2)6-5-9-13(11,12)3/h11-12H,2,4-9H2,1,3H3/t11-,12?,13+/m0/s1. The molecule has 2 aliphatic carbocycles. The van der Waals surface area contributed by atoms with Crippen LogP contribution >= 0.6 is 0 Å². The van der Waals surface area contributed by atoms with Gasteiger partial charge >= 0.3 is 0 Å². The molecule has 0 amide bonds. The highest BCUT2D eigenvalue weighted by atomic mass is 14.5. The van der Waals surface area contributed by atoms with Crippen LogP contribution in [-0.2, 0) is 0 Å². The van der Waals surface area contributed by atoms with E-state index in [1.807, 2.05) is 0 Å². The Hall–Kier alpha value is -0.260. The summed E-state index contributed by atoms with van der Waals surface area (Å²) in [6.45, 7) is 9.14. The maximum atomic E-state index is 4.27. The first kappa shape index (κ1) is 9.30. The van der Waals surface area contributed by atoms with E-state index in [1.165, 1.54) is 38.5 Å². The maximum Gasteiger partial charge on any atom is -0.0149 e. The highest BCUT2D eigenvalue weighted by Crippen LogP contribution is 2.57. The molecule has 0 N–H and O–H groups in total. The summed E-state index contributed by atoms with van der Waals surface area (Å²) in [5.41, 5.74) is 2.19. The van der Waals surface area contributed by atoms with E-state index in [9.17, 15) is 0 Å². The van der Waals surface area contributed by atoms with E-state index in [1.54, 1.807) is 5.57 Å².